The molecular weight excluding hydrogens is 454 g/mol. The van der Waals surface area contributed by atoms with Crippen molar-refractivity contribution in [3.63, 3.8) is 0 Å². The molecule has 0 aliphatic carbocycles. The van der Waals surface area contributed by atoms with Gasteiger partial charge in [0.2, 0.25) is 0 Å². The van der Waals surface area contributed by atoms with E-state index in [-0.39, 0.29) is 16.9 Å². The van der Waals surface area contributed by atoms with Crippen molar-refractivity contribution in [3.05, 3.63) is 58.1 Å². The Morgan fingerprint density at radius 3 is 2.59 bits per heavy atom. The number of rotatable bonds is 5. The lowest BCUT2D eigenvalue weighted by atomic mass is 10.1. The van der Waals surface area contributed by atoms with Crippen LogP contribution in [0.3, 0.4) is 0 Å². The SMILES string of the molecule is CCOc1ccc(C(=O)NC(=S)Nc2ccccc2C(=O)N2CCCC2)cc1Br. The second-order valence-corrected chi connectivity index (χ2v) is 7.79. The fourth-order valence-corrected chi connectivity index (χ4v) is 3.81. The number of carbonyl (C=O) groups excluding carboxylic acids is 2. The van der Waals surface area contributed by atoms with Crippen LogP contribution in [0, 0.1) is 0 Å². The Morgan fingerprint density at radius 2 is 1.90 bits per heavy atom. The summed E-state index contributed by atoms with van der Waals surface area (Å²) in [6.45, 7) is 3.96. The van der Waals surface area contributed by atoms with Gasteiger partial charge in [0.1, 0.15) is 5.75 Å². The predicted octanol–water partition coefficient (Wildman–Crippen LogP) is 4.21. The van der Waals surface area contributed by atoms with Gasteiger partial charge in [0, 0.05) is 18.7 Å². The van der Waals surface area contributed by atoms with Crippen LogP contribution >= 0.6 is 28.1 Å². The van der Waals surface area contributed by atoms with Gasteiger partial charge in [0.05, 0.1) is 22.3 Å². The van der Waals surface area contributed by atoms with E-state index in [1.807, 2.05) is 24.0 Å². The summed E-state index contributed by atoms with van der Waals surface area (Å²) in [5, 5.41) is 5.76. The summed E-state index contributed by atoms with van der Waals surface area (Å²) >= 11 is 8.69. The lowest BCUT2D eigenvalue weighted by Crippen LogP contribution is -2.35. The maximum Gasteiger partial charge on any atom is 0.257 e. The highest BCUT2D eigenvalue weighted by molar-refractivity contribution is 9.10. The highest BCUT2D eigenvalue weighted by atomic mass is 79.9. The molecule has 1 aliphatic rings. The Hall–Kier alpha value is -2.45. The minimum atomic E-state index is -0.352. The molecule has 2 amide bonds. The molecule has 2 aromatic carbocycles. The second-order valence-electron chi connectivity index (χ2n) is 6.53. The first-order valence-electron chi connectivity index (χ1n) is 9.42. The molecular formula is C21H22BrN3O3S. The number of para-hydroxylation sites is 1. The number of hydrogen-bond acceptors (Lipinski definition) is 4. The molecule has 0 spiro atoms. The molecule has 6 nitrogen and oxygen atoms in total. The normalized spacial score (nSPS) is 13.1. The van der Waals surface area contributed by atoms with Gasteiger partial charge in [-0.25, -0.2) is 0 Å². The highest BCUT2D eigenvalue weighted by Crippen LogP contribution is 2.26. The molecule has 29 heavy (non-hydrogen) atoms. The third kappa shape index (κ3) is 5.33. The number of amides is 2. The van der Waals surface area contributed by atoms with Crippen molar-refractivity contribution in [2.24, 2.45) is 0 Å². The molecule has 0 aromatic heterocycles. The van der Waals surface area contributed by atoms with Crippen molar-refractivity contribution in [1.82, 2.24) is 10.2 Å². The van der Waals surface area contributed by atoms with Crippen LogP contribution in [-0.4, -0.2) is 41.5 Å². The quantitative estimate of drug-likeness (QED) is 0.633. The van der Waals surface area contributed by atoms with Gasteiger partial charge in [0.15, 0.2) is 5.11 Å². The van der Waals surface area contributed by atoms with Gasteiger partial charge in [-0.1, -0.05) is 12.1 Å². The average Bonchev–Trinajstić information content (AvgIpc) is 3.24. The molecule has 1 saturated heterocycles. The van der Waals surface area contributed by atoms with E-state index in [0.717, 1.165) is 25.9 Å². The van der Waals surface area contributed by atoms with Crippen molar-refractivity contribution in [2.45, 2.75) is 19.8 Å². The van der Waals surface area contributed by atoms with E-state index in [1.54, 1.807) is 30.3 Å². The summed E-state index contributed by atoms with van der Waals surface area (Å²) in [7, 11) is 0. The zero-order valence-electron chi connectivity index (χ0n) is 16.0. The maximum absolute atomic E-state index is 12.8. The van der Waals surface area contributed by atoms with Crippen molar-refractivity contribution in [1.29, 1.82) is 0 Å². The largest absolute Gasteiger partial charge is 0.493 e. The number of nitrogens with one attached hydrogen (secondary N) is 2. The van der Waals surface area contributed by atoms with Gasteiger partial charge >= 0.3 is 0 Å². The van der Waals surface area contributed by atoms with Gasteiger partial charge < -0.3 is 15.0 Å². The van der Waals surface area contributed by atoms with Crippen LogP contribution in [0.15, 0.2) is 46.9 Å². The highest BCUT2D eigenvalue weighted by Gasteiger charge is 2.22. The van der Waals surface area contributed by atoms with E-state index in [1.165, 1.54) is 0 Å². The van der Waals surface area contributed by atoms with Crippen LogP contribution in [0.4, 0.5) is 5.69 Å². The van der Waals surface area contributed by atoms with Crippen molar-refractivity contribution in [2.75, 3.05) is 25.0 Å². The second kappa shape index (κ2) is 9.84. The standard InChI is InChI=1S/C21H22BrN3O3S/c1-2-28-18-10-9-14(13-16(18)22)19(26)24-21(29)23-17-8-4-3-7-15(17)20(27)25-11-5-6-12-25/h3-4,7-10,13H,2,5-6,11-12H2,1H3,(H2,23,24,26,29). The van der Waals surface area contributed by atoms with Gasteiger partial charge in [-0.05, 0) is 78.2 Å². The molecule has 2 N–H and O–H groups in total. The van der Waals surface area contributed by atoms with E-state index in [4.69, 9.17) is 17.0 Å². The number of hydrogen-bond donors (Lipinski definition) is 2. The fraction of sp³-hybridized carbons (Fsp3) is 0.286. The molecule has 0 radical (unpaired) electrons. The number of nitrogens with zero attached hydrogens (tertiary/aromatic N) is 1. The summed E-state index contributed by atoms with van der Waals surface area (Å²) in [6, 6.07) is 12.2. The molecule has 0 bridgehead atoms. The third-order valence-corrected chi connectivity index (χ3v) is 5.34. The zero-order chi connectivity index (χ0) is 20.8. The number of halogens is 1. The average molecular weight is 476 g/mol. The fourth-order valence-electron chi connectivity index (χ4n) is 3.11. The van der Waals surface area contributed by atoms with Crippen LogP contribution in [0.25, 0.3) is 0 Å². The Labute approximate surface area is 183 Å². The van der Waals surface area contributed by atoms with Crippen LogP contribution in [-0.2, 0) is 0 Å². The molecule has 3 rings (SSSR count). The number of benzene rings is 2. The van der Waals surface area contributed by atoms with Gasteiger partial charge in [-0.15, -0.1) is 0 Å². The number of thiocarbonyl (C=S) groups is 1. The first-order valence-corrected chi connectivity index (χ1v) is 10.6. The number of ether oxygens (including phenoxy) is 1. The van der Waals surface area contributed by atoms with E-state index >= 15 is 0 Å². The molecule has 1 fully saturated rings. The van der Waals surface area contributed by atoms with Crippen LogP contribution < -0.4 is 15.4 Å². The Kier molecular flexibility index (Phi) is 7.22. The van der Waals surface area contributed by atoms with Gasteiger partial charge in [-0.2, -0.15) is 0 Å². The first-order chi connectivity index (χ1) is 14.0. The molecule has 1 heterocycles. The van der Waals surface area contributed by atoms with Crippen LogP contribution in [0.1, 0.15) is 40.5 Å². The maximum atomic E-state index is 12.8. The van der Waals surface area contributed by atoms with Crippen molar-refractivity contribution >= 4 is 50.8 Å². The molecule has 152 valence electrons. The minimum absolute atomic E-state index is 0.0322. The predicted molar refractivity (Wildman–Crippen MR) is 121 cm³/mol. The third-order valence-electron chi connectivity index (χ3n) is 4.52. The van der Waals surface area contributed by atoms with Crippen LogP contribution in [0.2, 0.25) is 0 Å². The summed E-state index contributed by atoms with van der Waals surface area (Å²) in [5.41, 5.74) is 1.54. The van der Waals surface area contributed by atoms with E-state index < -0.39 is 0 Å². The lowest BCUT2D eigenvalue weighted by molar-refractivity contribution is 0.0793. The number of anilines is 1. The van der Waals surface area contributed by atoms with Crippen molar-refractivity contribution in [3.8, 4) is 5.75 Å². The van der Waals surface area contributed by atoms with E-state index in [2.05, 4.69) is 26.6 Å². The monoisotopic (exact) mass is 475 g/mol. The summed E-state index contributed by atoms with van der Waals surface area (Å²) in [4.78, 5) is 27.1. The number of likely N-dealkylation sites (tertiary alicyclic amines) is 1. The zero-order valence-corrected chi connectivity index (χ0v) is 18.4. The number of carbonyl (C=O) groups is 2. The molecule has 2 aromatic rings. The Bertz CT molecular complexity index is 929. The van der Waals surface area contributed by atoms with E-state index in [9.17, 15) is 9.59 Å². The van der Waals surface area contributed by atoms with Gasteiger partial charge in [0.25, 0.3) is 11.8 Å². The minimum Gasteiger partial charge on any atom is -0.493 e. The first kappa shape index (κ1) is 21.3. The van der Waals surface area contributed by atoms with Gasteiger partial charge in [-0.3, -0.25) is 14.9 Å². The topological polar surface area (TPSA) is 70.7 Å². The molecule has 1 aliphatic heterocycles. The lowest BCUT2D eigenvalue weighted by Gasteiger charge is -2.18. The molecule has 8 heteroatoms. The summed E-state index contributed by atoms with van der Waals surface area (Å²) in [6.07, 6.45) is 2.04. The molecule has 0 atom stereocenters. The molecule has 0 saturated carbocycles. The Morgan fingerprint density at radius 1 is 1.17 bits per heavy atom. The summed E-state index contributed by atoms with van der Waals surface area (Å²) < 4.78 is 6.14. The Balaban J connectivity index is 1.67. The molecule has 0 unspecified atom stereocenters. The van der Waals surface area contributed by atoms with Crippen molar-refractivity contribution < 1.29 is 14.3 Å². The smallest absolute Gasteiger partial charge is 0.257 e. The summed E-state index contributed by atoms with van der Waals surface area (Å²) in [5.74, 6) is 0.281. The van der Waals surface area contributed by atoms with E-state index in [0.29, 0.717) is 33.6 Å². The van der Waals surface area contributed by atoms with Crippen LogP contribution in [0.5, 0.6) is 5.75 Å².